The summed E-state index contributed by atoms with van der Waals surface area (Å²) in [5.41, 5.74) is 4.38. The minimum Gasteiger partial charge on any atom is -0.326 e. The minimum atomic E-state index is -0.284. The van der Waals surface area contributed by atoms with Crippen molar-refractivity contribution in [3.63, 3.8) is 0 Å². The van der Waals surface area contributed by atoms with Crippen molar-refractivity contribution in [2.24, 2.45) is 0 Å². The van der Waals surface area contributed by atoms with Gasteiger partial charge in [-0.25, -0.2) is 4.39 Å². The topological polar surface area (TPSA) is 29.1 Å². The molecule has 0 radical (unpaired) electrons. The summed E-state index contributed by atoms with van der Waals surface area (Å²) < 4.78 is 12.8. The van der Waals surface area contributed by atoms with Gasteiger partial charge in [0.15, 0.2) is 0 Å². The Bertz CT molecular complexity index is 634. The predicted octanol–water partition coefficient (Wildman–Crippen LogP) is 3.50. The van der Waals surface area contributed by atoms with Gasteiger partial charge < -0.3 is 5.32 Å². The highest BCUT2D eigenvalue weighted by Gasteiger charge is 2.12. The molecule has 2 aromatic carbocycles. The first-order valence-electron chi connectivity index (χ1n) is 6.87. The Labute approximate surface area is 117 Å². The van der Waals surface area contributed by atoms with E-state index in [1.807, 2.05) is 6.07 Å². The molecule has 2 aromatic rings. The summed E-state index contributed by atoms with van der Waals surface area (Å²) >= 11 is 0. The smallest absolute Gasteiger partial charge is 0.228 e. The van der Waals surface area contributed by atoms with Gasteiger partial charge in [0.25, 0.3) is 0 Å². The molecule has 1 aliphatic rings. The average Bonchev–Trinajstić information content (AvgIpc) is 2.89. The number of fused-ring (bicyclic) bond motifs is 1. The van der Waals surface area contributed by atoms with Gasteiger partial charge in [-0.15, -0.1) is 0 Å². The van der Waals surface area contributed by atoms with E-state index < -0.39 is 0 Å². The lowest BCUT2D eigenvalue weighted by Crippen LogP contribution is -2.14. The lowest BCUT2D eigenvalue weighted by Gasteiger charge is -2.07. The molecule has 3 rings (SSSR count). The minimum absolute atomic E-state index is 0.0745. The molecule has 0 aliphatic heterocycles. The number of hydrogen-bond acceptors (Lipinski definition) is 1. The van der Waals surface area contributed by atoms with Crippen LogP contribution in [0.2, 0.25) is 0 Å². The van der Waals surface area contributed by atoms with Crippen molar-refractivity contribution in [1.29, 1.82) is 0 Å². The van der Waals surface area contributed by atoms with Crippen LogP contribution in [0.25, 0.3) is 0 Å². The van der Waals surface area contributed by atoms with E-state index in [0.717, 1.165) is 24.1 Å². The number of carbonyl (C=O) groups excluding carboxylic acids is 1. The molecule has 20 heavy (non-hydrogen) atoms. The van der Waals surface area contributed by atoms with Crippen molar-refractivity contribution in [3.05, 3.63) is 65.0 Å². The summed E-state index contributed by atoms with van der Waals surface area (Å²) in [4.78, 5) is 12.0. The zero-order chi connectivity index (χ0) is 13.9. The molecule has 2 nitrogen and oxygen atoms in total. The number of amides is 1. The van der Waals surface area contributed by atoms with Crippen LogP contribution in [0.5, 0.6) is 0 Å². The molecule has 0 aromatic heterocycles. The Morgan fingerprint density at radius 1 is 1.05 bits per heavy atom. The van der Waals surface area contributed by atoms with Crippen LogP contribution in [0.1, 0.15) is 23.1 Å². The van der Waals surface area contributed by atoms with Gasteiger partial charge in [-0.1, -0.05) is 18.2 Å². The second-order valence-electron chi connectivity index (χ2n) is 5.19. The number of aryl methyl sites for hydroxylation is 2. The van der Waals surface area contributed by atoms with E-state index in [0.29, 0.717) is 0 Å². The fourth-order valence-electron chi connectivity index (χ4n) is 2.64. The first-order valence-corrected chi connectivity index (χ1v) is 6.87. The first kappa shape index (κ1) is 12.9. The summed E-state index contributed by atoms with van der Waals surface area (Å²) in [5, 5.41) is 2.90. The second-order valence-corrected chi connectivity index (χ2v) is 5.19. The fraction of sp³-hybridized carbons (Fsp3) is 0.235. The molecule has 0 fully saturated rings. The molecular weight excluding hydrogens is 253 g/mol. The van der Waals surface area contributed by atoms with Gasteiger partial charge in [0.1, 0.15) is 5.82 Å². The Kier molecular flexibility index (Phi) is 3.50. The van der Waals surface area contributed by atoms with Crippen LogP contribution >= 0.6 is 0 Å². The van der Waals surface area contributed by atoms with Crippen molar-refractivity contribution in [2.75, 3.05) is 5.32 Å². The lowest BCUT2D eigenvalue weighted by atomic mass is 10.1. The van der Waals surface area contributed by atoms with Crippen LogP contribution in [0.4, 0.5) is 10.1 Å². The van der Waals surface area contributed by atoms with Gasteiger partial charge >= 0.3 is 0 Å². The molecule has 0 unspecified atom stereocenters. The molecule has 1 N–H and O–H groups in total. The number of benzene rings is 2. The van der Waals surface area contributed by atoms with E-state index in [4.69, 9.17) is 0 Å². The Hall–Kier alpha value is -2.16. The van der Waals surface area contributed by atoms with Gasteiger partial charge in [0, 0.05) is 5.69 Å². The summed E-state index contributed by atoms with van der Waals surface area (Å²) in [6.07, 6.45) is 3.69. The summed E-state index contributed by atoms with van der Waals surface area (Å²) in [6, 6.07) is 12.1. The predicted molar refractivity (Wildman–Crippen MR) is 77.2 cm³/mol. The monoisotopic (exact) mass is 269 g/mol. The highest BCUT2D eigenvalue weighted by Crippen LogP contribution is 2.24. The number of hydrogen-bond donors (Lipinski definition) is 1. The van der Waals surface area contributed by atoms with Crippen LogP contribution < -0.4 is 5.32 Å². The molecule has 0 atom stereocenters. The van der Waals surface area contributed by atoms with Crippen LogP contribution in [-0.4, -0.2) is 5.91 Å². The third-order valence-corrected chi connectivity index (χ3v) is 3.66. The number of rotatable bonds is 3. The molecular formula is C17H16FNO. The third-order valence-electron chi connectivity index (χ3n) is 3.66. The van der Waals surface area contributed by atoms with Crippen LogP contribution in [-0.2, 0) is 24.1 Å². The highest BCUT2D eigenvalue weighted by molar-refractivity contribution is 5.92. The van der Waals surface area contributed by atoms with Crippen LogP contribution in [0.15, 0.2) is 42.5 Å². The highest BCUT2D eigenvalue weighted by atomic mass is 19.1. The molecule has 0 spiro atoms. The van der Waals surface area contributed by atoms with Crippen LogP contribution in [0, 0.1) is 5.82 Å². The average molecular weight is 269 g/mol. The maximum Gasteiger partial charge on any atom is 0.228 e. The Morgan fingerprint density at radius 3 is 2.60 bits per heavy atom. The Balaban J connectivity index is 1.65. The lowest BCUT2D eigenvalue weighted by molar-refractivity contribution is -0.115. The normalized spacial score (nSPS) is 13.1. The van der Waals surface area contributed by atoms with E-state index in [2.05, 4.69) is 17.4 Å². The summed E-state index contributed by atoms with van der Waals surface area (Å²) in [6.45, 7) is 0. The molecule has 1 amide bonds. The van der Waals surface area contributed by atoms with Crippen molar-refractivity contribution in [2.45, 2.75) is 25.7 Å². The van der Waals surface area contributed by atoms with Crippen molar-refractivity contribution >= 4 is 11.6 Å². The van der Waals surface area contributed by atoms with E-state index in [1.54, 1.807) is 12.1 Å². The number of nitrogens with one attached hydrogen (secondary N) is 1. The first-order chi connectivity index (χ1) is 9.70. The number of halogens is 1. The van der Waals surface area contributed by atoms with Gasteiger partial charge in [-0.05, 0) is 60.2 Å². The SMILES string of the molecule is O=C(Cc1ccc(F)cc1)Nc1ccc2c(c1)CCC2. The molecule has 102 valence electrons. The van der Waals surface area contributed by atoms with E-state index in [-0.39, 0.29) is 18.1 Å². The van der Waals surface area contributed by atoms with Crippen molar-refractivity contribution in [1.82, 2.24) is 0 Å². The molecule has 0 heterocycles. The van der Waals surface area contributed by atoms with Crippen molar-refractivity contribution < 1.29 is 9.18 Å². The maximum absolute atomic E-state index is 12.8. The van der Waals surface area contributed by atoms with Gasteiger partial charge in [0.05, 0.1) is 6.42 Å². The molecule has 3 heteroatoms. The van der Waals surface area contributed by atoms with E-state index >= 15 is 0 Å². The third kappa shape index (κ3) is 2.87. The summed E-state index contributed by atoms with van der Waals surface area (Å²) in [7, 11) is 0. The largest absolute Gasteiger partial charge is 0.326 e. The second kappa shape index (κ2) is 5.45. The van der Waals surface area contributed by atoms with Crippen molar-refractivity contribution in [3.8, 4) is 0 Å². The molecule has 1 aliphatic carbocycles. The zero-order valence-electron chi connectivity index (χ0n) is 11.2. The fourth-order valence-corrected chi connectivity index (χ4v) is 2.64. The number of carbonyl (C=O) groups is 1. The van der Waals surface area contributed by atoms with E-state index in [1.165, 1.54) is 29.7 Å². The summed E-state index contributed by atoms with van der Waals surface area (Å²) in [5.74, 6) is -0.359. The number of anilines is 1. The molecule has 0 saturated carbocycles. The standard InChI is InChI=1S/C17H16FNO/c18-15-7-4-12(5-8-15)10-17(20)19-16-9-6-13-2-1-3-14(13)11-16/h4-9,11H,1-3,10H2,(H,19,20). The molecule has 0 saturated heterocycles. The molecule has 0 bridgehead atoms. The quantitative estimate of drug-likeness (QED) is 0.908. The van der Waals surface area contributed by atoms with Crippen LogP contribution in [0.3, 0.4) is 0 Å². The van der Waals surface area contributed by atoms with Gasteiger partial charge in [0.2, 0.25) is 5.91 Å². The van der Waals surface area contributed by atoms with Gasteiger partial charge in [-0.3, -0.25) is 4.79 Å². The Morgan fingerprint density at radius 2 is 1.80 bits per heavy atom. The maximum atomic E-state index is 12.8. The zero-order valence-corrected chi connectivity index (χ0v) is 11.2. The van der Waals surface area contributed by atoms with Gasteiger partial charge in [-0.2, -0.15) is 0 Å². The van der Waals surface area contributed by atoms with E-state index in [9.17, 15) is 9.18 Å².